The topological polar surface area (TPSA) is 100 Å². The summed E-state index contributed by atoms with van der Waals surface area (Å²) >= 11 is 1.41. The Hall–Kier alpha value is -3.32. The molecule has 0 radical (unpaired) electrons. The van der Waals surface area contributed by atoms with Crippen molar-refractivity contribution in [1.82, 2.24) is 14.9 Å². The number of nitriles is 1. The number of ether oxygens (including phenoxy) is 2. The molecule has 174 valence electrons. The Kier molecular flexibility index (Phi) is 5.81. The molecule has 8 nitrogen and oxygen atoms in total. The van der Waals surface area contributed by atoms with E-state index in [1.165, 1.54) is 11.3 Å². The van der Waals surface area contributed by atoms with Crippen LogP contribution in [-0.4, -0.2) is 54.3 Å². The summed E-state index contributed by atoms with van der Waals surface area (Å²) < 4.78 is 10.8. The van der Waals surface area contributed by atoms with Crippen LogP contribution in [0.25, 0.3) is 21.7 Å². The number of nitrogens with zero attached hydrogens (tertiary/aromatic N) is 4. The molecule has 1 atom stereocenters. The number of benzene rings is 1. The molecule has 0 aliphatic carbocycles. The molecule has 34 heavy (non-hydrogen) atoms. The molecule has 0 saturated carbocycles. The molecule has 5 rings (SSSR count). The van der Waals surface area contributed by atoms with E-state index in [1.807, 2.05) is 44.2 Å². The van der Waals surface area contributed by atoms with Gasteiger partial charge in [-0.3, -0.25) is 10.3 Å². The number of pyridine rings is 1. The second kappa shape index (κ2) is 8.80. The third kappa shape index (κ3) is 4.16. The lowest BCUT2D eigenvalue weighted by molar-refractivity contribution is -0.174. The van der Waals surface area contributed by atoms with Crippen molar-refractivity contribution in [1.29, 1.82) is 5.26 Å². The van der Waals surface area contributed by atoms with E-state index >= 15 is 0 Å². The van der Waals surface area contributed by atoms with E-state index in [-0.39, 0.29) is 17.6 Å². The normalized spacial score (nSPS) is 16.9. The molecule has 2 aliphatic rings. The van der Waals surface area contributed by atoms with Crippen molar-refractivity contribution < 1.29 is 14.3 Å². The highest BCUT2D eigenvalue weighted by Gasteiger charge is 2.50. The average Bonchev–Trinajstić information content (AvgIpc) is 3.20. The number of methoxy groups -OCH3 is 1. The minimum atomic E-state index is -0.162. The first-order valence-electron chi connectivity index (χ1n) is 11.1. The van der Waals surface area contributed by atoms with Gasteiger partial charge < -0.3 is 14.4 Å². The van der Waals surface area contributed by atoms with Crippen molar-refractivity contribution in [3.63, 3.8) is 0 Å². The molecular formula is C25H25N5O3S. The number of aryl methyl sites for hydroxylation is 1. The summed E-state index contributed by atoms with van der Waals surface area (Å²) in [6.07, 6.45) is -0.162. The number of aromatic nitrogens is 2. The second-order valence-corrected chi connectivity index (χ2v) is 9.97. The Labute approximate surface area is 202 Å². The smallest absolute Gasteiger partial charge is 0.323 e. The van der Waals surface area contributed by atoms with Crippen LogP contribution in [0.5, 0.6) is 0 Å². The summed E-state index contributed by atoms with van der Waals surface area (Å²) in [6, 6.07) is 13.4. The molecule has 0 bridgehead atoms. The van der Waals surface area contributed by atoms with E-state index in [1.54, 1.807) is 18.1 Å². The number of carbonyl (C=O) groups is 1. The third-order valence-electron chi connectivity index (χ3n) is 6.27. The Morgan fingerprint density at radius 3 is 2.74 bits per heavy atom. The first kappa shape index (κ1) is 22.5. The molecule has 2 amide bonds. The lowest BCUT2D eigenvalue weighted by atomic mass is 9.78. The van der Waals surface area contributed by atoms with Crippen molar-refractivity contribution in [2.45, 2.75) is 20.0 Å². The van der Waals surface area contributed by atoms with E-state index in [0.717, 1.165) is 40.6 Å². The molecule has 2 saturated heterocycles. The molecule has 1 aromatic carbocycles. The van der Waals surface area contributed by atoms with E-state index in [0.29, 0.717) is 29.5 Å². The molecule has 4 heterocycles. The van der Waals surface area contributed by atoms with Crippen molar-refractivity contribution >= 4 is 22.5 Å². The fraction of sp³-hybridized carbons (Fsp3) is 0.360. The van der Waals surface area contributed by atoms with Crippen LogP contribution in [0.1, 0.15) is 30.0 Å². The van der Waals surface area contributed by atoms with E-state index < -0.39 is 0 Å². The van der Waals surface area contributed by atoms with Gasteiger partial charge in [-0.1, -0.05) is 23.5 Å². The van der Waals surface area contributed by atoms with Gasteiger partial charge in [0.15, 0.2) is 5.13 Å². The average molecular weight is 476 g/mol. The molecule has 2 aliphatic heterocycles. The predicted molar refractivity (Wildman–Crippen MR) is 130 cm³/mol. The molecular weight excluding hydrogens is 450 g/mol. The maximum Gasteiger partial charge on any atom is 0.323 e. The summed E-state index contributed by atoms with van der Waals surface area (Å²) in [5.41, 5.74) is 4.86. The number of rotatable bonds is 5. The van der Waals surface area contributed by atoms with Gasteiger partial charge in [-0.2, -0.15) is 5.26 Å². The lowest BCUT2D eigenvalue weighted by Crippen LogP contribution is -2.67. The number of amides is 2. The fourth-order valence-corrected chi connectivity index (χ4v) is 5.27. The van der Waals surface area contributed by atoms with Crippen molar-refractivity contribution in [2.75, 3.05) is 38.7 Å². The molecule has 2 fully saturated rings. The Bertz CT molecular complexity index is 1290. The molecule has 1 N–H and O–H groups in total. The maximum atomic E-state index is 12.8. The number of hydrogen-bond donors (Lipinski definition) is 1. The number of carbonyl (C=O) groups excluding carboxylic acids is 1. The first-order chi connectivity index (χ1) is 16.4. The van der Waals surface area contributed by atoms with Gasteiger partial charge in [0.25, 0.3) is 0 Å². The number of anilines is 1. The second-order valence-electron chi connectivity index (χ2n) is 8.97. The lowest BCUT2D eigenvalue weighted by Gasteiger charge is -2.54. The van der Waals surface area contributed by atoms with E-state index in [9.17, 15) is 10.1 Å². The summed E-state index contributed by atoms with van der Waals surface area (Å²) in [4.78, 5) is 24.9. The van der Waals surface area contributed by atoms with Gasteiger partial charge in [-0.15, -0.1) is 0 Å². The highest BCUT2D eigenvalue weighted by Crippen LogP contribution is 2.41. The zero-order valence-corrected chi connectivity index (χ0v) is 20.1. The fourth-order valence-electron chi connectivity index (χ4n) is 4.31. The number of urea groups is 1. The van der Waals surface area contributed by atoms with E-state index in [2.05, 4.69) is 16.4 Å². The van der Waals surface area contributed by atoms with Gasteiger partial charge in [-0.05, 0) is 43.7 Å². The van der Waals surface area contributed by atoms with Crippen LogP contribution < -0.4 is 5.32 Å². The van der Waals surface area contributed by atoms with Crippen LogP contribution in [-0.2, 0) is 9.47 Å². The summed E-state index contributed by atoms with van der Waals surface area (Å²) in [6.45, 7) is 6.75. The number of nitrogens with one attached hydrogen (secondary N) is 1. The summed E-state index contributed by atoms with van der Waals surface area (Å²) in [5, 5.41) is 12.9. The zero-order valence-electron chi connectivity index (χ0n) is 19.3. The van der Waals surface area contributed by atoms with Crippen LogP contribution >= 0.6 is 11.3 Å². The van der Waals surface area contributed by atoms with Gasteiger partial charge in [0, 0.05) is 31.5 Å². The SMILES string of the molecule is COC(C)c1cc(-c2sc(NC(=O)N3CC4(COC4)C3)nc2-c2cccc(C#N)c2)cc(C)n1. The highest BCUT2D eigenvalue weighted by molar-refractivity contribution is 7.19. The highest BCUT2D eigenvalue weighted by atomic mass is 32.1. The Morgan fingerprint density at radius 2 is 2.06 bits per heavy atom. The Balaban J connectivity index is 1.51. The van der Waals surface area contributed by atoms with Gasteiger partial charge in [-0.25, -0.2) is 9.78 Å². The van der Waals surface area contributed by atoms with Crippen LogP contribution in [0.3, 0.4) is 0 Å². The molecule has 1 unspecified atom stereocenters. The minimum absolute atomic E-state index is 0.150. The number of thiazole rings is 1. The molecule has 3 aromatic rings. The quantitative estimate of drug-likeness (QED) is 0.578. The first-order valence-corrected chi connectivity index (χ1v) is 11.9. The van der Waals surface area contributed by atoms with Gasteiger partial charge in [0.05, 0.1) is 52.6 Å². The van der Waals surface area contributed by atoms with Crippen molar-refractivity contribution in [2.24, 2.45) is 5.41 Å². The number of likely N-dealkylation sites (tertiary alicyclic amines) is 1. The van der Waals surface area contributed by atoms with Gasteiger partial charge >= 0.3 is 6.03 Å². The van der Waals surface area contributed by atoms with E-state index in [4.69, 9.17) is 14.5 Å². The van der Waals surface area contributed by atoms with Gasteiger partial charge in [0.1, 0.15) is 0 Å². The van der Waals surface area contributed by atoms with Crippen molar-refractivity contribution in [3.05, 3.63) is 53.3 Å². The summed E-state index contributed by atoms with van der Waals surface area (Å²) in [7, 11) is 1.66. The summed E-state index contributed by atoms with van der Waals surface area (Å²) in [5.74, 6) is 0. The predicted octanol–water partition coefficient (Wildman–Crippen LogP) is 4.62. The monoisotopic (exact) mass is 475 g/mol. The van der Waals surface area contributed by atoms with Crippen molar-refractivity contribution in [3.8, 4) is 27.8 Å². The van der Waals surface area contributed by atoms with Crippen LogP contribution in [0.2, 0.25) is 0 Å². The minimum Gasteiger partial charge on any atom is -0.380 e. The Morgan fingerprint density at radius 1 is 1.26 bits per heavy atom. The van der Waals surface area contributed by atoms with Crippen LogP contribution in [0.4, 0.5) is 9.93 Å². The molecule has 1 spiro atoms. The zero-order chi connectivity index (χ0) is 23.9. The largest absolute Gasteiger partial charge is 0.380 e. The third-order valence-corrected chi connectivity index (χ3v) is 7.29. The standard InChI is InChI=1S/C25H25N5O3S/c1-15-7-19(9-20(27-15)16(2)32-3)22-21(18-6-4-5-17(8-18)10-26)28-23(34-22)29-24(31)30-11-25(12-30)13-33-14-25/h4-9,16H,11-14H2,1-3H3,(H,28,29,31). The van der Waals surface area contributed by atoms with Gasteiger partial charge in [0.2, 0.25) is 0 Å². The maximum absolute atomic E-state index is 12.8. The van der Waals surface area contributed by atoms with Crippen LogP contribution in [0, 0.1) is 23.7 Å². The number of hydrogen-bond acceptors (Lipinski definition) is 7. The molecule has 2 aromatic heterocycles. The van der Waals surface area contributed by atoms with Crippen LogP contribution in [0.15, 0.2) is 36.4 Å². The molecule has 9 heteroatoms.